The van der Waals surface area contributed by atoms with Gasteiger partial charge in [0.2, 0.25) is 0 Å². The van der Waals surface area contributed by atoms with Crippen molar-refractivity contribution in [3.8, 4) is 22.9 Å². The maximum Gasteiger partial charge on any atom is 0.144 e. The molecule has 1 heterocycles. The molecule has 0 aliphatic carbocycles. The summed E-state index contributed by atoms with van der Waals surface area (Å²) < 4.78 is 1.85. The summed E-state index contributed by atoms with van der Waals surface area (Å²) in [5.41, 5.74) is 2.13. The minimum Gasteiger partial charge on any atom is -0.508 e. The lowest BCUT2D eigenvalue weighted by atomic mass is 10.2. The first-order chi connectivity index (χ1) is 9.06. The summed E-state index contributed by atoms with van der Waals surface area (Å²) in [5, 5.41) is 20.1. The second-order valence-electron chi connectivity index (χ2n) is 4.33. The van der Waals surface area contributed by atoms with Crippen molar-refractivity contribution in [3.63, 3.8) is 0 Å². The van der Waals surface area contributed by atoms with Crippen LogP contribution in [0.15, 0.2) is 36.4 Å². The molecule has 0 aliphatic heterocycles. The molecule has 1 aromatic heterocycles. The number of halogens is 1. The van der Waals surface area contributed by atoms with Gasteiger partial charge in [0.05, 0.1) is 16.6 Å². The summed E-state index contributed by atoms with van der Waals surface area (Å²) in [6.45, 7) is 0. The van der Waals surface area contributed by atoms with Crippen molar-refractivity contribution in [2.45, 2.75) is 0 Å². The average molecular weight is 275 g/mol. The van der Waals surface area contributed by atoms with Gasteiger partial charge < -0.3 is 14.8 Å². The molecule has 2 N–H and O–H groups in total. The zero-order chi connectivity index (χ0) is 13.6. The van der Waals surface area contributed by atoms with Crippen LogP contribution >= 0.6 is 11.6 Å². The van der Waals surface area contributed by atoms with E-state index in [1.54, 1.807) is 12.1 Å². The largest absolute Gasteiger partial charge is 0.508 e. The van der Waals surface area contributed by atoms with Crippen molar-refractivity contribution >= 4 is 22.6 Å². The molecular formula is C14H11ClN2O2. The van der Waals surface area contributed by atoms with E-state index >= 15 is 0 Å². The lowest BCUT2D eigenvalue weighted by molar-refractivity contribution is 0.461. The monoisotopic (exact) mass is 274 g/mol. The first-order valence-corrected chi connectivity index (χ1v) is 6.08. The molecule has 19 heavy (non-hydrogen) atoms. The summed E-state index contributed by atoms with van der Waals surface area (Å²) in [7, 11) is 1.85. The normalized spacial score (nSPS) is 11.1. The Labute approximate surface area is 114 Å². The molecule has 0 bridgehead atoms. The smallest absolute Gasteiger partial charge is 0.144 e. The fourth-order valence-electron chi connectivity index (χ4n) is 2.12. The highest BCUT2D eigenvalue weighted by Crippen LogP contribution is 2.33. The molecule has 0 saturated carbocycles. The number of fused-ring (bicyclic) bond motifs is 1. The second kappa shape index (κ2) is 4.17. The fraction of sp³-hybridized carbons (Fsp3) is 0.0714. The van der Waals surface area contributed by atoms with Gasteiger partial charge in [-0.05, 0) is 36.4 Å². The van der Waals surface area contributed by atoms with Crippen LogP contribution in [0.1, 0.15) is 0 Å². The summed E-state index contributed by atoms with van der Waals surface area (Å²) in [6, 6.07) is 9.78. The van der Waals surface area contributed by atoms with Gasteiger partial charge >= 0.3 is 0 Å². The molecule has 5 heteroatoms. The number of imidazole rings is 1. The van der Waals surface area contributed by atoms with Gasteiger partial charge in [0, 0.05) is 12.1 Å². The molecule has 0 fully saturated rings. The van der Waals surface area contributed by atoms with Crippen LogP contribution in [0.4, 0.5) is 0 Å². The van der Waals surface area contributed by atoms with Crippen molar-refractivity contribution in [2.75, 3.05) is 0 Å². The molecule has 0 radical (unpaired) electrons. The number of aromatic hydroxyl groups is 2. The standard InChI is InChI=1S/C14H11ClN2O2/c1-17-12-4-2-8(15)6-11(12)16-14(17)10-7-9(18)3-5-13(10)19/h2-7,18-19H,1H3. The quantitative estimate of drug-likeness (QED) is 0.669. The van der Waals surface area contributed by atoms with Crippen molar-refractivity contribution in [3.05, 3.63) is 41.4 Å². The third-order valence-electron chi connectivity index (χ3n) is 3.06. The molecule has 96 valence electrons. The van der Waals surface area contributed by atoms with Crippen LogP contribution < -0.4 is 0 Å². The Morgan fingerprint density at radius 3 is 2.68 bits per heavy atom. The van der Waals surface area contributed by atoms with Crippen LogP contribution in [0.3, 0.4) is 0 Å². The van der Waals surface area contributed by atoms with Gasteiger partial charge in [0.15, 0.2) is 0 Å². The van der Waals surface area contributed by atoms with Crippen LogP contribution in [-0.4, -0.2) is 19.8 Å². The van der Waals surface area contributed by atoms with Crippen LogP contribution in [0.5, 0.6) is 11.5 Å². The van der Waals surface area contributed by atoms with E-state index in [0.717, 1.165) is 11.0 Å². The molecule has 3 aromatic rings. The van der Waals surface area contributed by atoms with Gasteiger partial charge in [-0.3, -0.25) is 0 Å². The first kappa shape index (κ1) is 11.9. The summed E-state index contributed by atoms with van der Waals surface area (Å²) in [4.78, 5) is 4.45. The second-order valence-corrected chi connectivity index (χ2v) is 4.77. The Hall–Kier alpha value is -2.20. The van der Waals surface area contributed by atoms with Gasteiger partial charge in [-0.2, -0.15) is 0 Å². The lowest BCUT2D eigenvalue weighted by Crippen LogP contribution is -1.92. The van der Waals surface area contributed by atoms with Crippen LogP contribution in [0, 0.1) is 0 Å². The highest BCUT2D eigenvalue weighted by atomic mass is 35.5. The third kappa shape index (κ3) is 1.90. The molecule has 2 aromatic carbocycles. The van der Waals surface area contributed by atoms with Gasteiger partial charge in [-0.15, -0.1) is 0 Å². The predicted molar refractivity (Wildman–Crippen MR) is 74.5 cm³/mol. The van der Waals surface area contributed by atoms with Gasteiger partial charge in [0.1, 0.15) is 17.3 Å². The Bertz CT molecular complexity index is 780. The van der Waals surface area contributed by atoms with Gasteiger partial charge in [-0.1, -0.05) is 11.6 Å². The third-order valence-corrected chi connectivity index (χ3v) is 3.30. The number of hydrogen-bond donors (Lipinski definition) is 2. The van der Waals surface area contributed by atoms with Crippen molar-refractivity contribution in [1.29, 1.82) is 0 Å². The summed E-state index contributed by atoms with van der Waals surface area (Å²) >= 11 is 5.94. The molecule has 0 amide bonds. The zero-order valence-electron chi connectivity index (χ0n) is 10.1. The summed E-state index contributed by atoms with van der Waals surface area (Å²) in [5.74, 6) is 0.728. The van der Waals surface area contributed by atoms with E-state index in [9.17, 15) is 10.2 Å². The maximum atomic E-state index is 9.90. The Kier molecular flexibility index (Phi) is 2.61. The molecule has 0 unspecified atom stereocenters. The molecule has 0 spiro atoms. The number of phenols is 2. The van der Waals surface area contributed by atoms with E-state index in [-0.39, 0.29) is 11.5 Å². The highest BCUT2D eigenvalue weighted by Gasteiger charge is 2.14. The molecule has 0 saturated heterocycles. The van der Waals surface area contributed by atoms with Crippen molar-refractivity contribution in [2.24, 2.45) is 7.05 Å². The van der Waals surface area contributed by atoms with Crippen molar-refractivity contribution in [1.82, 2.24) is 9.55 Å². The number of nitrogens with zero attached hydrogens (tertiary/aromatic N) is 2. The van der Waals surface area contributed by atoms with E-state index in [0.29, 0.717) is 16.4 Å². The number of benzene rings is 2. The molecule has 0 aliphatic rings. The lowest BCUT2D eigenvalue weighted by Gasteiger charge is -2.05. The van der Waals surface area contributed by atoms with E-state index in [1.165, 1.54) is 18.2 Å². The van der Waals surface area contributed by atoms with Gasteiger partial charge in [-0.25, -0.2) is 4.98 Å². The Morgan fingerprint density at radius 2 is 1.89 bits per heavy atom. The van der Waals surface area contributed by atoms with Gasteiger partial charge in [0.25, 0.3) is 0 Å². The number of rotatable bonds is 1. The molecule has 4 nitrogen and oxygen atoms in total. The first-order valence-electron chi connectivity index (χ1n) is 5.70. The van der Waals surface area contributed by atoms with E-state index in [4.69, 9.17) is 11.6 Å². The van der Waals surface area contributed by atoms with Crippen LogP contribution in [0.2, 0.25) is 5.02 Å². The molecule has 0 atom stereocenters. The fourth-order valence-corrected chi connectivity index (χ4v) is 2.28. The average Bonchev–Trinajstić information content (AvgIpc) is 2.69. The molecule has 3 rings (SSSR count). The number of aryl methyl sites for hydroxylation is 1. The predicted octanol–water partition coefficient (Wildman–Crippen LogP) is 3.30. The number of phenolic OH excluding ortho intramolecular Hbond substituents is 2. The van der Waals surface area contributed by atoms with Crippen LogP contribution in [-0.2, 0) is 7.05 Å². The SMILES string of the molecule is Cn1c(-c2cc(O)ccc2O)nc2cc(Cl)ccc21. The van der Waals surface area contributed by atoms with E-state index < -0.39 is 0 Å². The van der Waals surface area contributed by atoms with E-state index in [1.807, 2.05) is 17.7 Å². The van der Waals surface area contributed by atoms with E-state index in [2.05, 4.69) is 4.98 Å². The Balaban J connectivity index is 2.30. The van der Waals surface area contributed by atoms with Crippen LogP contribution in [0.25, 0.3) is 22.4 Å². The number of hydrogen-bond acceptors (Lipinski definition) is 3. The summed E-state index contributed by atoms with van der Waals surface area (Å²) in [6.07, 6.45) is 0. The maximum absolute atomic E-state index is 9.90. The minimum atomic E-state index is 0.0716. The Morgan fingerprint density at radius 1 is 1.11 bits per heavy atom. The number of aromatic nitrogens is 2. The zero-order valence-corrected chi connectivity index (χ0v) is 10.9. The van der Waals surface area contributed by atoms with Crippen molar-refractivity contribution < 1.29 is 10.2 Å². The topological polar surface area (TPSA) is 58.3 Å². The molecular weight excluding hydrogens is 264 g/mol. The highest BCUT2D eigenvalue weighted by molar-refractivity contribution is 6.31. The minimum absolute atomic E-state index is 0.0716.